The Hall–Kier alpha value is -2.46. The molecule has 0 saturated heterocycles. The third-order valence-corrected chi connectivity index (χ3v) is 4.55. The number of aryl methyl sites for hydroxylation is 1. The Balaban J connectivity index is 1.89. The van der Waals surface area contributed by atoms with Crippen molar-refractivity contribution in [2.24, 2.45) is 7.05 Å². The monoisotopic (exact) mass is 370 g/mol. The van der Waals surface area contributed by atoms with Gasteiger partial charge in [-0.15, -0.1) is 10.2 Å². The van der Waals surface area contributed by atoms with Crippen molar-refractivity contribution >= 4 is 27.9 Å². The summed E-state index contributed by atoms with van der Waals surface area (Å²) in [5.74, 6) is -3.76. The number of aromatic nitrogens is 6. The molecule has 0 aliphatic heterocycles. The average molecular weight is 371 g/mol. The van der Waals surface area contributed by atoms with Crippen molar-refractivity contribution in [3.05, 3.63) is 40.8 Å². The van der Waals surface area contributed by atoms with Crippen molar-refractivity contribution in [3.63, 3.8) is 0 Å². The van der Waals surface area contributed by atoms with E-state index in [4.69, 9.17) is 11.6 Å². The van der Waals surface area contributed by atoms with Crippen molar-refractivity contribution in [3.8, 4) is 22.1 Å². The van der Waals surface area contributed by atoms with Crippen LogP contribution in [-0.4, -0.2) is 29.6 Å². The molecule has 11 heteroatoms. The predicted octanol–water partition coefficient (Wildman–Crippen LogP) is 3.32. The van der Waals surface area contributed by atoms with Gasteiger partial charge in [0.05, 0.1) is 11.2 Å². The zero-order valence-corrected chi connectivity index (χ0v) is 13.4. The SMILES string of the molecule is Cn1ncc(Cl)c1-c1nnc2sc(-c3cc(F)c(F)c(F)c3)nn12. The molecule has 0 aliphatic rings. The summed E-state index contributed by atoms with van der Waals surface area (Å²) in [4.78, 5) is 0.391. The largest absolute Gasteiger partial charge is 0.263 e. The molecule has 0 unspecified atom stereocenters. The maximum atomic E-state index is 13.4. The van der Waals surface area contributed by atoms with Crippen LogP contribution in [0, 0.1) is 17.5 Å². The van der Waals surface area contributed by atoms with Gasteiger partial charge in [0.25, 0.3) is 0 Å². The van der Waals surface area contributed by atoms with Crippen LogP contribution in [0.3, 0.4) is 0 Å². The van der Waals surface area contributed by atoms with Crippen LogP contribution in [0.5, 0.6) is 0 Å². The van der Waals surface area contributed by atoms with E-state index in [9.17, 15) is 13.2 Å². The molecule has 24 heavy (non-hydrogen) atoms. The smallest absolute Gasteiger partial charge is 0.235 e. The van der Waals surface area contributed by atoms with Crippen LogP contribution in [0.2, 0.25) is 5.02 Å². The number of hydrogen-bond acceptors (Lipinski definition) is 5. The van der Waals surface area contributed by atoms with Gasteiger partial charge in [-0.25, -0.2) is 13.2 Å². The highest BCUT2D eigenvalue weighted by Gasteiger charge is 2.21. The van der Waals surface area contributed by atoms with Gasteiger partial charge in [-0.3, -0.25) is 4.68 Å². The molecular weight excluding hydrogens is 365 g/mol. The van der Waals surface area contributed by atoms with E-state index in [1.165, 1.54) is 15.4 Å². The van der Waals surface area contributed by atoms with Crippen molar-refractivity contribution in [2.45, 2.75) is 0 Å². The average Bonchev–Trinajstić information content (AvgIpc) is 3.20. The molecule has 6 nitrogen and oxygen atoms in total. The zero-order chi connectivity index (χ0) is 17.0. The number of fused-ring (bicyclic) bond motifs is 1. The minimum Gasteiger partial charge on any atom is -0.263 e. The number of rotatable bonds is 2. The Morgan fingerprint density at radius 3 is 2.46 bits per heavy atom. The van der Waals surface area contributed by atoms with Crippen molar-refractivity contribution in [2.75, 3.05) is 0 Å². The number of hydrogen-bond donors (Lipinski definition) is 0. The van der Waals surface area contributed by atoms with E-state index >= 15 is 0 Å². The van der Waals surface area contributed by atoms with E-state index in [2.05, 4.69) is 20.4 Å². The first-order valence-corrected chi connectivity index (χ1v) is 7.70. The second-order valence-electron chi connectivity index (χ2n) is 4.84. The van der Waals surface area contributed by atoms with Crippen LogP contribution >= 0.6 is 22.9 Å². The number of benzene rings is 1. The lowest BCUT2D eigenvalue weighted by Crippen LogP contribution is -1.99. The summed E-state index contributed by atoms with van der Waals surface area (Å²) in [5.41, 5.74) is 0.599. The van der Waals surface area contributed by atoms with E-state index < -0.39 is 17.5 Å². The Bertz CT molecular complexity index is 1040. The fourth-order valence-electron chi connectivity index (χ4n) is 2.22. The van der Waals surface area contributed by atoms with Gasteiger partial charge in [0.2, 0.25) is 10.8 Å². The molecule has 0 atom stereocenters. The van der Waals surface area contributed by atoms with Gasteiger partial charge in [0.15, 0.2) is 17.5 Å². The highest BCUT2D eigenvalue weighted by Crippen LogP contribution is 2.31. The highest BCUT2D eigenvalue weighted by molar-refractivity contribution is 7.19. The quantitative estimate of drug-likeness (QED) is 0.508. The number of halogens is 4. The summed E-state index contributed by atoms with van der Waals surface area (Å²) < 4.78 is 42.8. The van der Waals surface area contributed by atoms with E-state index in [-0.39, 0.29) is 10.6 Å². The summed E-state index contributed by atoms with van der Waals surface area (Å²) in [5, 5.41) is 16.9. The van der Waals surface area contributed by atoms with Crippen LogP contribution in [0.4, 0.5) is 13.2 Å². The van der Waals surface area contributed by atoms with Gasteiger partial charge in [-0.05, 0) is 12.1 Å². The predicted molar refractivity (Wildman–Crippen MR) is 81.2 cm³/mol. The van der Waals surface area contributed by atoms with Gasteiger partial charge in [0.1, 0.15) is 10.7 Å². The molecule has 122 valence electrons. The molecule has 0 saturated carbocycles. The van der Waals surface area contributed by atoms with Crippen molar-refractivity contribution in [1.82, 2.24) is 29.6 Å². The molecule has 0 radical (unpaired) electrons. The van der Waals surface area contributed by atoms with E-state index in [1.54, 1.807) is 7.05 Å². The minimum absolute atomic E-state index is 0.101. The fourth-order valence-corrected chi connectivity index (χ4v) is 3.30. The lowest BCUT2D eigenvalue weighted by atomic mass is 10.2. The van der Waals surface area contributed by atoms with Crippen LogP contribution in [0.25, 0.3) is 27.1 Å². The first kappa shape index (κ1) is 15.1. The first-order valence-electron chi connectivity index (χ1n) is 6.50. The molecule has 3 aromatic heterocycles. The summed E-state index contributed by atoms with van der Waals surface area (Å²) >= 11 is 7.14. The van der Waals surface area contributed by atoms with Crippen molar-refractivity contribution < 1.29 is 13.2 Å². The van der Waals surface area contributed by atoms with Crippen LogP contribution in [0.15, 0.2) is 18.3 Å². The second-order valence-corrected chi connectivity index (χ2v) is 6.21. The van der Waals surface area contributed by atoms with Crippen LogP contribution < -0.4 is 0 Å². The minimum atomic E-state index is -1.52. The first-order chi connectivity index (χ1) is 11.5. The molecule has 3 heterocycles. The summed E-state index contributed by atoms with van der Waals surface area (Å²) in [6, 6.07) is 1.75. The molecule has 0 spiro atoms. The van der Waals surface area contributed by atoms with Gasteiger partial charge < -0.3 is 0 Å². The molecule has 4 rings (SSSR count). The van der Waals surface area contributed by atoms with Crippen molar-refractivity contribution in [1.29, 1.82) is 0 Å². The Labute approximate surface area is 141 Å². The highest BCUT2D eigenvalue weighted by atomic mass is 35.5. The van der Waals surface area contributed by atoms with Gasteiger partial charge in [-0.2, -0.15) is 14.7 Å². The molecule has 0 N–H and O–H groups in total. The normalized spacial score (nSPS) is 11.5. The standard InChI is InChI=1S/C13H6ClF3N6S/c1-22-10(6(14)4-18-22)11-19-20-13-23(11)21-12(24-13)5-2-7(15)9(17)8(16)3-5/h2-4H,1H3. The third kappa shape index (κ3) is 2.18. The third-order valence-electron chi connectivity index (χ3n) is 3.33. The van der Waals surface area contributed by atoms with Gasteiger partial charge in [-0.1, -0.05) is 22.9 Å². The van der Waals surface area contributed by atoms with E-state index in [1.807, 2.05) is 0 Å². The maximum absolute atomic E-state index is 13.4. The van der Waals surface area contributed by atoms with E-state index in [0.717, 1.165) is 23.5 Å². The molecular formula is C13H6ClF3N6S. The van der Waals surface area contributed by atoms with Gasteiger partial charge >= 0.3 is 0 Å². The zero-order valence-electron chi connectivity index (χ0n) is 11.8. The van der Waals surface area contributed by atoms with E-state index in [0.29, 0.717) is 21.5 Å². The lowest BCUT2D eigenvalue weighted by Gasteiger charge is -2.00. The summed E-state index contributed by atoms with van der Waals surface area (Å²) in [6.45, 7) is 0. The molecule has 0 bridgehead atoms. The lowest BCUT2D eigenvalue weighted by molar-refractivity contribution is 0.447. The molecule has 0 fully saturated rings. The number of nitrogens with zero attached hydrogens (tertiary/aromatic N) is 6. The Kier molecular flexibility index (Phi) is 3.32. The topological polar surface area (TPSA) is 60.9 Å². The molecule has 4 aromatic rings. The maximum Gasteiger partial charge on any atom is 0.235 e. The second kappa shape index (κ2) is 5.28. The van der Waals surface area contributed by atoms with Crippen LogP contribution in [-0.2, 0) is 7.05 Å². The summed E-state index contributed by atoms with van der Waals surface area (Å²) in [6.07, 6.45) is 1.45. The fraction of sp³-hybridized carbons (Fsp3) is 0.0769. The Morgan fingerprint density at radius 2 is 1.83 bits per heavy atom. The molecule has 0 aliphatic carbocycles. The Morgan fingerprint density at radius 1 is 1.12 bits per heavy atom. The molecule has 0 amide bonds. The summed E-state index contributed by atoms with van der Waals surface area (Å²) in [7, 11) is 1.68. The van der Waals surface area contributed by atoms with Gasteiger partial charge in [0, 0.05) is 12.6 Å². The molecule has 1 aromatic carbocycles. The van der Waals surface area contributed by atoms with Crippen LogP contribution in [0.1, 0.15) is 0 Å².